The van der Waals surface area contributed by atoms with Gasteiger partial charge in [0.15, 0.2) is 0 Å². The van der Waals surface area contributed by atoms with Crippen molar-refractivity contribution in [1.29, 1.82) is 0 Å². The smallest absolute Gasteiger partial charge is 0.240 e. The van der Waals surface area contributed by atoms with Gasteiger partial charge in [0.25, 0.3) is 0 Å². The highest BCUT2D eigenvalue weighted by molar-refractivity contribution is 7.80. The minimum atomic E-state index is -0.800. The molecule has 0 aliphatic carbocycles. The van der Waals surface area contributed by atoms with E-state index in [0.717, 1.165) is 6.42 Å². The Labute approximate surface area is 99.9 Å². The highest BCUT2D eigenvalue weighted by Gasteiger charge is 2.17. The van der Waals surface area contributed by atoms with E-state index in [2.05, 4.69) is 17.9 Å². The second-order valence-corrected chi connectivity index (χ2v) is 3.65. The van der Waals surface area contributed by atoms with Crippen LogP contribution in [0.2, 0.25) is 0 Å². The van der Waals surface area contributed by atoms with E-state index in [9.17, 15) is 14.4 Å². The standard InChI is InChI=1S/C9H17N3O3S/c1-2-3-12(6-13)4-8(14)11-7(5-16)9(10)15/h6-7,16H,2-5H2,1H3,(H2,10,15)(H,11,14). The normalized spacial score (nSPS) is 11.6. The summed E-state index contributed by atoms with van der Waals surface area (Å²) in [5, 5.41) is 2.40. The number of thiol groups is 1. The number of primary amides is 1. The van der Waals surface area contributed by atoms with Crippen molar-refractivity contribution in [3.8, 4) is 0 Å². The first-order valence-corrected chi connectivity index (χ1v) is 5.57. The summed E-state index contributed by atoms with van der Waals surface area (Å²) in [5.41, 5.74) is 5.03. The lowest BCUT2D eigenvalue weighted by atomic mass is 10.3. The zero-order valence-corrected chi connectivity index (χ0v) is 10.1. The Morgan fingerprint density at radius 2 is 2.19 bits per heavy atom. The minimum absolute atomic E-state index is 0.0745. The predicted molar refractivity (Wildman–Crippen MR) is 62.9 cm³/mol. The number of carbonyl (C=O) groups excluding carboxylic acids is 3. The maximum Gasteiger partial charge on any atom is 0.240 e. The van der Waals surface area contributed by atoms with Crippen molar-refractivity contribution in [3.05, 3.63) is 0 Å². The quantitative estimate of drug-likeness (QED) is 0.370. The van der Waals surface area contributed by atoms with E-state index in [1.54, 1.807) is 0 Å². The van der Waals surface area contributed by atoms with Gasteiger partial charge in [0.05, 0.1) is 6.54 Å². The average Bonchev–Trinajstić information content (AvgIpc) is 2.24. The second kappa shape index (κ2) is 7.98. The fourth-order valence-electron chi connectivity index (χ4n) is 1.09. The molecule has 6 nitrogen and oxygen atoms in total. The topological polar surface area (TPSA) is 92.5 Å². The van der Waals surface area contributed by atoms with Crippen LogP contribution < -0.4 is 11.1 Å². The van der Waals surface area contributed by atoms with Gasteiger partial charge in [-0.3, -0.25) is 14.4 Å². The van der Waals surface area contributed by atoms with E-state index < -0.39 is 17.9 Å². The fourth-order valence-corrected chi connectivity index (χ4v) is 1.36. The second-order valence-electron chi connectivity index (χ2n) is 3.28. The zero-order chi connectivity index (χ0) is 12.6. The molecule has 0 bridgehead atoms. The molecule has 0 spiro atoms. The Bertz CT molecular complexity index is 260. The maximum atomic E-state index is 11.4. The molecule has 1 atom stereocenters. The molecule has 0 fully saturated rings. The van der Waals surface area contributed by atoms with E-state index in [-0.39, 0.29) is 12.3 Å². The molecular weight excluding hydrogens is 230 g/mol. The maximum absolute atomic E-state index is 11.4. The molecule has 3 amide bonds. The Kier molecular flexibility index (Phi) is 7.36. The molecule has 0 heterocycles. The van der Waals surface area contributed by atoms with Gasteiger partial charge < -0.3 is 16.0 Å². The first kappa shape index (κ1) is 14.8. The molecule has 1 unspecified atom stereocenters. The third-order valence-corrected chi connectivity index (χ3v) is 2.23. The lowest BCUT2D eigenvalue weighted by Crippen LogP contribution is -2.48. The summed E-state index contributed by atoms with van der Waals surface area (Å²) in [7, 11) is 0. The third-order valence-electron chi connectivity index (χ3n) is 1.87. The van der Waals surface area contributed by atoms with Crippen LogP contribution in [0.15, 0.2) is 0 Å². The largest absolute Gasteiger partial charge is 0.368 e. The molecule has 0 aliphatic rings. The van der Waals surface area contributed by atoms with Gasteiger partial charge in [-0.1, -0.05) is 6.92 Å². The van der Waals surface area contributed by atoms with Gasteiger partial charge in [-0.15, -0.1) is 0 Å². The molecule has 0 aromatic heterocycles. The third kappa shape index (κ3) is 5.59. The summed E-state index contributed by atoms with van der Waals surface area (Å²) < 4.78 is 0. The molecule has 0 aromatic rings. The summed E-state index contributed by atoms with van der Waals surface area (Å²) in [4.78, 5) is 34.1. The van der Waals surface area contributed by atoms with Gasteiger partial charge in [0, 0.05) is 12.3 Å². The molecule has 0 rings (SSSR count). The van der Waals surface area contributed by atoms with Crippen LogP contribution >= 0.6 is 12.6 Å². The van der Waals surface area contributed by atoms with Crippen molar-refractivity contribution in [3.63, 3.8) is 0 Å². The monoisotopic (exact) mass is 247 g/mol. The van der Waals surface area contributed by atoms with Gasteiger partial charge >= 0.3 is 0 Å². The number of nitrogens with one attached hydrogen (secondary N) is 1. The number of amides is 3. The summed E-state index contributed by atoms with van der Waals surface area (Å²) in [6.45, 7) is 2.32. The SMILES string of the molecule is CCCN(C=O)CC(=O)NC(CS)C(N)=O. The van der Waals surface area contributed by atoms with Gasteiger partial charge in [-0.25, -0.2) is 0 Å². The molecule has 0 radical (unpaired) electrons. The van der Waals surface area contributed by atoms with Crippen molar-refractivity contribution in [2.75, 3.05) is 18.8 Å². The first-order chi connectivity index (χ1) is 7.54. The Hall–Kier alpha value is -1.24. The van der Waals surface area contributed by atoms with Crippen molar-refractivity contribution < 1.29 is 14.4 Å². The molecule has 0 aromatic carbocycles. The van der Waals surface area contributed by atoms with E-state index in [4.69, 9.17) is 5.73 Å². The summed E-state index contributed by atoms with van der Waals surface area (Å²) in [5.74, 6) is -0.925. The molecular formula is C9H17N3O3S. The zero-order valence-electron chi connectivity index (χ0n) is 9.18. The van der Waals surface area contributed by atoms with Crippen LogP contribution in [0.25, 0.3) is 0 Å². The van der Waals surface area contributed by atoms with Gasteiger partial charge in [-0.2, -0.15) is 12.6 Å². The minimum Gasteiger partial charge on any atom is -0.368 e. The number of carbonyl (C=O) groups is 3. The molecule has 3 N–H and O–H groups in total. The van der Waals surface area contributed by atoms with Crippen LogP contribution in [0, 0.1) is 0 Å². The van der Waals surface area contributed by atoms with E-state index in [1.165, 1.54) is 4.90 Å². The molecule has 92 valence electrons. The molecule has 16 heavy (non-hydrogen) atoms. The van der Waals surface area contributed by atoms with Crippen molar-refractivity contribution >= 4 is 30.9 Å². The predicted octanol–water partition coefficient (Wildman–Crippen LogP) is -1.25. The fraction of sp³-hybridized carbons (Fsp3) is 0.667. The van der Waals surface area contributed by atoms with Crippen LogP contribution in [0.1, 0.15) is 13.3 Å². The van der Waals surface area contributed by atoms with Crippen molar-refractivity contribution in [2.24, 2.45) is 5.73 Å². The molecule has 0 saturated carbocycles. The molecule has 0 saturated heterocycles. The van der Waals surface area contributed by atoms with Crippen LogP contribution in [-0.4, -0.2) is 48.0 Å². The van der Waals surface area contributed by atoms with Crippen molar-refractivity contribution in [2.45, 2.75) is 19.4 Å². The highest BCUT2D eigenvalue weighted by Crippen LogP contribution is 1.90. The van der Waals surface area contributed by atoms with Crippen LogP contribution in [0.5, 0.6) is 0 Å². The first-order valence-electron chi connectivity index (χ1n) is 4.94. The van der Waals surface area contributed by atoms with Gasteiger partial charge in [-0.05, 0) is 6.42 Å². The van der Waals surface area contributed by atoms with E-state index in [1.807, 2.05) is 6.92 Å². The summed E-state index contributed by atoms with van der Waals surface area (Å²) >= 11 is 3.89. The van der Waals surface area contributed by atoms with E-state index in [0.29, 0.717) is 13.0 Å². The lowest BCUT2D eigenvalue weighted by molar-refractivity contribution is -0.130. The van der Waals surface area contributed by atoms with E-state index >= 15 is 0 Å². The Balaban J connectivity index is 4.14. The molecule has 0 aliphatic heterocycles. The summed E-state index contributed by atoms with van der Waals surface area (Å²) in [6.07, 6.45) is 1.36. The number of nitrogens with zero attached hydrogens (tertiary/aromatic N) is 1. The van der Waals surface area contributed by atoms with Crippen LogP contribution in [0.4, 0.5) is 0 Å². The Morgan fingerprint density at radius 3 is 2.56 bits per heavy atom. The number of hydrogen-bond acceptors (Lipinski definition) is 4. The number of rotatable bonds is 8. The molecule has 7 heteroatoms. The van der Waals surface area contributed by atoms with Gasteiger partial charge in [0.2, 0.25) is 18.2 Å². The van der Waals surface area contributed by atoms with Crippen molar-refractivity contribution in [1.82, 2.24) is 10.2 Å². The number of hydrogen-bond donors (Lipinski definition) is 3. The Morgan fingerprint density at radius 1 is 1.56 bits per heavy atom. The number of nitrogens with two attached hydrogens (primary N) is 1. The van der Waals surface area contributed by atoms with Crippen LogP contribution in [-0.2, 0) is 14.4 Å². The highest BCUT2D eigenvalue weighted by atomic mass is 32.1. The van der Waals surface area contributed by atoms with Crippen LogP contribution in [0.3, 0.4) is 0 Å². The van der Waals surface area contributed by atoms with Gasteiger partial charge in [0.1, 0.15) is 6.04 Å². The lowest BCUT2D eigenvalue weighted by Gasteiger charge is -2.18. The average molecular weight is 247 g/mol. The summed E-state index contributed by atoms with van der Waals surface area (Å²) in [6, 6.07) is -0.800.